The van der Waals surface area contributed by atoms with Crippen LogP contribution in [0.2, 0.25) is 0 Å². The molecule has 3 heterocycles. The van der Waals surface area contributed by atoms with Crippen molar-refractivity contribution in [2.75, 3.05) is 0 Å². The van der Waals surface area contributed by atoms with Crippen LogP contribution in [0.5, 0.6) is 0 Å². The molecule has 0 saturated heterocycles. The highest BCUT2D eigenvalue weighted by molar-refractivity contribution is 6.16. The number of hydrogen-bond donors (Lipinski definition) is 0. The molecule has 11 aromatic rings. The van der Waals surface area contributed by atoms with Gasteiger partial charge in [0.2, 0.25) is 0 Å². The van der Waals surface area contributed by atoms with Crippen LogP contribution in [0.1, 0.15) is 0 Å². The molecule has 5 heteroatoms. The van der Waals surface area contributed by atoms with Crippen molar-refractivity contribution in [3.05, 3.63) is 164 Å². The number of hydrogen-bond acceptors (Lipinski definition) is 5. The van der Waals surface area contributed by atoms with Crippen molar-refractivity contribution in [1.82, 2.24) is 15.0 Å². The molecule has 0 aliphatic heterocycles. The molecule has 0 fully saturated rings. The summed E-state index contributed by atoms with van der Waals surface area (Å²) in [5.41, 5.74) is 8.32. The van der Waals surface area contributed by atoms with E-state index in [1.165, 1.54) is 5.39 Å². The van der Waals surface area contributed by atoms with Gasteiger partial charge in [-0.05, 0) is 69.6 Å². The summed E-state index contributed by atoms with van der Waals surface area (Å²) < 4.78 is 12.8. The number of para-hydroxylation sites is 2. The Morgan fingerprint density at radius 2 is 0.923 bits per heavy atom. The van der Waals surface area contributed by atoms with Gasteiger partial charge >= 0.3 is 0 Å². The quantitative estimate of drug-likeness (QED) is 0.187. The van der Waals surface area contributed by atoms with Crippen LogP contribution in [0.3, 0.4) is 0 Å². The zero-order chi connectivity index (χ0) is 34.2. The first kappa shape index (κ1) is 28.7. The highest BCUT2D eigenvalue weighted by atomic mass is 16.3. The van der Waals surface area contributed by atoms with E-state index in [1.807, 2.05) is 60.7 Å². The number of rotatable bonds is 4. The molecule has 8 aromatic carbocycles. The zero-order valence-corrected chi connectivity index (χ0v) is 27.7. The van der Waals surface area contributed by atoms with Gasteiger partial charge in [-0.25, -0.2) is 15.0 Å². The van der Waals surface area contributed by atoms with Gasteiger partial charge in [-0.2, -0.15) is 0 Å². The average molecular weight is 666 g/mol. The monoisotopic (exact) mass is 665 g/mol. The summed E-state index contributed by atoms with van der Waals surface area (Å²) in [5.74, 6) is 1.83. The van der Waals surface area contributed by atoms with Crippen LogP contribution in [0, 0.1) is 0 Å². The number of fused-ring (bicyclic) bond motifs is 8. The van der Waals surface area contributed by atoms with Crippen LogP contribution >= 0.6 is 0 Å². The maximum Gasteiger partial charge on any atom is 0.164 e. The standard InChI is InChI=1S/C47H27N3O2/c1-2-11-28(12-3-1)45-48-46(31-21-24-42-39(26-31)35-17-8-9-20-41(35)51-42)50-47(49-45)38-23-22-34(32-15-6-7-16-33(32)38)36-18-10-19-37-40-25-29-13-4-5-14-30(29)27-43(40)52-44(36)37/h1-27H. The Kier molecular flexibility index (Phi) is 6.18. The van der Waals surface area contributed by atoms with Crippen LogP contribution in [0.25, 0.3) is 111 Å². The minimum absolute atomic E-state index is 0.601. The Morgan fingerprint density at radius 3 is 1.77 bits per heavy atom. The van der Waals surface area contributed by atoms with E-state index in [0.717, 1.165) is 87.9 Å². The van der Waals surface area contributed by atoms with Gasteiger partial charge in [0.1, 0.15) is 22.3 Å². The molecule has 242 valence electrons. The van der Waals surface area contributed by atoms with Crippen LogP contribution in [0.15, 0.2) is 173 Å². The molecule has 0 saturated carbocycles. The normalized spacial score (nSPS) is 11.8. The third-order valence-electron chi connectivity index (χ3n) is 10.1. The van der Waals surface area contributed by atoms with Crippen molar-refractivity contribution in [1.29, 1.82) is 0 Å². The Morgan fingerprint density at radius 1 is 0.308 bits per heavy atom. The predicted octanol–water partition coefficient (Wildman–Crippen LogP) is 12.6. The molecule has 0 bridgehead atoms. The van der Waals surface area contributed by atoms with Crippen LogP contribution in [0.4, 0.5) is 0 Å². The minimum atomic E-state index is 0.601. The summed E-state index contributed by atoms with van der Waals surface area (Å²) in [6.07, 6.45) is 0. The maximum absolute atomic E-state index is 6.65. The summed E-state index contributed by atoms with van der Waals surface area (Å²) in [6, 6.07) is 56.3. The van der Waals surface area contributed by atoms with Gasteiger partial charge in [0.25, 0.3) is 0 Å². The van der Waals surface area contributed by atoms with Crippen molar-refractivity contribution in [2.24, 2.45) is 0 Å². The first-order valence-electron chi connectivity index (χ1n) is 17.3. The van der Waals surface area contributed by atoms with Gasteiger partial charge in [0.15, 0.2) is 17.5 Å². The number of aromatic nitrogens is 3. The first-order chi connectivity index (χ1) is 25.7. The van der Waals surface area contributed by atoms with Gasteiger partial charge in [-0.1, -0.05) is 121 Å². The van der Waals surface area contributed by atoms with Crippen molar-refractivity contribution < 1.29 is 8.83 Å². The second kappa shape index (κ2) is 11.2. The van der Waals surface area contributed by atoms with Gasteiger partial charge < -0.3 is 8.83 Å². The second-order valence-electron chi connectivity index (χ2n) is 13.2. The lowest BCUT2D eigenvalue weighted by Gasteiger charge is -2.13. The van der Waals surface area contributed by atoms with Crippen LogP contribution < -0.4 is 0 Å². The molecule has 0 atom stereocenters. The lowest BCUT2D eigenvalue weighted by atomic mass is 9.93. The number of benzene rings is 8. The molecule has 3 aromatic heterocycles. The SMILES string of the molecule is c1ccc(-c2nc(-c3ccc4oc5ccccc5c4c3)nc(-c3ccc(-c4cccc5c4oc4cc6ccccc6cc45)c4ccccc34)n2)cc1. The highest BCUT2D eigenvalue weighted by Gasteiger charge is 2.19. The predicted molar refractivity (Wildman–Crippen MR) is 211 cm³/mol. The summed E-state index contributed by atoms with van der Waals surface area (Å²) in [7, 11) is 0. The van der Waals surface area contributed by atoms with E-state index in [-0.39, 0.29) is 0 Å². The van der Waals surface area contributed by atoms with E-state index >= 15 is 0 Å². The molecule has 0 radical (unpaired) electrons. The fourth-order valence-corrected chi connectivity index (χ4v) is 7.63. The Balaban J connectivity index is 1.11. The lowest BCUT2D eigenvalue weighted by molar-refractivity contribution is 0.669. The van der Waals surface area contributed by atoms with E-state index in [4.69, 9.17) is 23.8 Å². The smallest absolute Gasteiger partial charge is 0.164 e. The second-order valence-corrected chi connectivity index (χ2v) is 13.2. The molecule has 0 aliphatic carbocycles. The fraction of sp³-hybridized carbons (Fsp3) is 0. The van der Waals surface area contributed by atoms with Gasteiger partial charge in [-0.3, -0.25) is 0 Å². The first-order valence-corrected chi connectivity index (χ1v) is 17.3. The minimum Gasteiger partial charge on any atom is -0.456 e. The molecule has 11 rings (SSSR count). The Labute approximate surface area is 297 Å². The molecule has 0 spiro atoms. The van der Waals surface area contributed by atoms with E-state index in [2.05, 4.69) is 103 Å². The third-order valence-corrected chi connectivity index (χ3v) is 10.1. The highest BCUT2D eigenvalue weighted by Crippen LogP contribution is 2.42. The molecule has 0 aliphatic rings. The van der Waals surface area contributed by atoms with Gasteiger partial charge in [0.05, 0.1) is 0 Å². The number of furan rings is 2. The van der Waals surface area contributed by atoms with E-state index < -0.39 is 0 Å². The van der Waals surface area contributed by atoms with Gasteiger partial charge in [-0.15, -0.1) is 0 Å². The molecule has 52 heavy (non-hydrogen) atoms. The molecule has 0 amide bonds. The summed E-state index contributed by atoms with van der Waals surface area (Å²) >= 11 is 0. The Bertz CT molecular complexity index is 3190. The van der Waals surface area contributed by atoms with Crippen molar-refractivity contribution in [3.63, 3.8) is 0 Å². The van der Waals surface area contributed by atoms with Gasteiger partial charge in [0, 0.05) is 43.8 Å². The molecular weight excluding hydrogens is 639 g/mol. The fourth-order valence-electron chi connectivity index (χ4n) is 7.63. The van der Waals surface area contributed by atoms with E-state index in [0.29, 0.717) is 17.5 Å². The molecule has 0 unspecified atom stereocenters. The molecular formula is C47H27N3O2. The van der Waals surface area contributed by atoms with Crippen molar-refractivity contribution in [2.45, 2.75) is 0 Å². The topological polar surface area (TPSA) is 65.0 Å². The van der Waals surface area contributed by atoms with Crippen LogP contribution in [-0.2, 0) is 0 Å². The maximum atomic E-state index is 6.65. The Hall–Kier alpha value is -7.11. The van der Waals surface area contributed by atoms with E-state index in [1.54, 1.807) is 0 Å². The van der Waals surface area contributed by atoms with E-state index in [9.17, 15) is 0 Å². The molecule has 0 N–H and O–H groups in total. The molecule has 5 nitrogen and oxygen atoms in total. The average Bonchev–Trinajstić information content (AvgIpc) is 3.77. The summed E-state index contributed by atoms with van der Waals surface area (Å²) in [5, 5.41) is 8.80. The largest absolute Gasteiger partial charge is 0.456 e. The van der Waals surface area contributed by atoms with Crippen molar-refractivity contribution in [3.8, 4) is 45.3 Å². The zero-order valence-electron chi connectivity index (χ0n) is 27.7. The third kappa shape index (κ3) is 4.46. The van der Waals surface area contributed by atoms with Crippen LogP contribution in [-0.4, -0.2) is 15.0 Å². The number of nitrogens with zero attached hydrogens (tertiary/aromatic N) is 3. The summed E-state index contributed by atoms with van der Waals surface area (Å²) in [6.45, 7) is 0. The lowest BCUT2D eigenvalue weighted by Crippen LogP contribution is -2.00. The van der Waals surface area contributed by atoms with Crippen molar-refractivity contribution >= 4 is 65.4 Å². The summed E-state index contributed by atoms with van der Waals surface area (Å²) in [4.78, 5) is 15.3.